The minimum Gasteiger partial charge on any atom is -0.494 e. The summed E-state index contributed by atoms with van der Waals surface area (Å²) < 4.78 is 5.47. The molecule has 37 heavy (non-hydrogen) atoms. The Balaban J connectivity index is 1.41. The SMILES string of the molecule is CCOc1ccc(NC(=O)C[C@@H]2C(=O)N(c3ccccc3)C(=S)N2CCCN2CCN(CC)CC2)cc1. The van der Waals surface area contributed by atoms with Crippen molar-refractivity contribution in [3.05, 3.63) is 54.6 Å². The first-order valence-corrected chi connectivity index (χ1v) is 13.6. The minimum absolute atomic E-state index is 0.0324. The number of nitrogens with one attached hydrogen (secondary N) is 1. The number of rotatable bonds is 11. The van der Waals surface area contributed by atoms with E-state index in [0.29, 0.717) is 24.0 Å². The number of nitrogens with zero attached hydrogens (tertiary/aromatic N) is 4. The third-order valence-electron chi connectivity index (χ3n) is 6.95. The summed E-state index contributed by atoms with van der Waals surface area (Å²) in [6.07, 6.45) is 0.907. The molecule has 2 amide bonds. The third-order valence-corrected chi connectivity index (χ3v) is 7.36. The summed E-state index contributed by atoms with van der Waals surface area (Å²) in [7, 11) is 0. The van der Waals surface area contributed by atoms with Crippen LogP contribution in [0.15, 0.2) is 54.6 Å². The number of piperazine rings is 1. The fourth-order valence-electron chi connectivity index (χ4n) is 4.88. The summed E-state index contributed by atoms with van der Waals surface area (Å²) in [5, 5.41) is 3.38. The fraction of sp³-hybridized carbons (Fsp3) is 0.464. The van der Waals surface area contributed by atoms with Crippen LogP contribution in [0.2, 0.25) is 0 Å². The van der Waals surface area contributed by atoms with E-state index in [4.69, 9.17) is 17.0 Å². The van der Waals surface area contributed by atoms with Crippen LogP contribution >= 0.6 is 12.2 Å². The lowest BCUT2D eigenvalue weighted by Gasteiger charge is -2.34. The Kier molecular flexibility index (Phi) is 9.49. The number of amides is 2. The van der Waals surface area contributed by atoms with Crippen molar-refractivity contribution in [2.45, 2.75) is 32.7 Å². The van der Waals surface area contributed by atoms with Gasteiger partial charge >= 0.3 is 0 Å². The van der Waals surface area contributed by atoms with E-state index < -0.39 is 6.04 Å². The number of hydrogen-bond donors (Lipinski definition) is 1. The fourth-order valence-corrected chi connectivity index (χ4v) is 5.30. The molecule has 0 bridgehead atoms. The van der Waals surface area contributed by atoms with Crippen molar-refractivity contribution in [1.29, 1.82) is 0 Å². The second-order valence-electron chi connectivity index (χ2n) is 9.34. The maximum absolute atomic E-state index is 13.5. The Morgan fingerprint density at radius 2 is 1.65 bits per heavy atom. The maximum atomic E-state index is 13.5. The van der Waals surface area contributed by atoms with Gasteiger partial charge in [-0.3, -0.25) is 14.5 Å². The molecular formula is C28H37N5O3S. The number of carbonyl (C=O) groups excluding carboxylic acids is 2. The molecule has 8 nitrogen and oxygen atoms in total. The number of hydrogen-bond acceptors (Lipinski definition) is 6. The molecule has 198 valence electrons. The average Bonchev–Trinajstić information content (AvgIpc) is 3.14. The van der Waals surface area contributed by atoms with Crippen molar-refractivity contribution in [2.75, 3.05) is 62.6 Å². The van der Waals surface area contributed by atoms with Crippen molar-refractivity contribution >= 4 is 40.5 Å². The lowest BCUT2D eigenvalue weighted by molar-refractivity contribution is -0.124. The van der Waals surface area contributed by atoms with Gasteiger partial charge in [-0.25, -0.2) is 0 Å². The Hall–Kier alpha value is -3.01. The Morgan fingerprint density at radius 3 is 2.30 bits per heavy atom. The molecule has 0 radical (unpaired) electrons. The van der Waals surface area contributed by atoms with E-state index in [2.05, 4.69) is 22.0 Å². The molecule has 2 aromatic rings. The van der Waals surface area contributed by atoms with Crippen LogP contribution in [0.3, 0.4) is 0 Å². The number of anilines is 2. The molecule has 0 aliphatic carbocycles. The van der Waals surface area contributed by atoms with Gasteiger partial charge in [-0.1, -0.05) is 25.1 Å². The summed E-state index contributed by atoms with van der Waals surface area (Å²) in [4.78, 5) is 35.0. The number of carbonyl (C=O) groups is 2. The van der Waals surface area contributed by atoms with Gasteiger partial charge in [0.15, 0.2) is 5.11 Å². The molecule has 0 spiro atoms. The van der Waals surface area contributed by atoms with Gasteiger partial charge in [0.25, 0.3) is 5.91 Å². The predicted octanol–water partition coefficient (Wildman–Crippen LogP) is 3.44. The normalized spacial score (nSPS) is 18.9. The van der Waals surface area contributed by atoms with Gasteiger partial charge in [0.1, 0.15) is 11.8 Å². The van der Waals surface area contributed by atoms with Crippen LogP contribution in [0.5, 0.6) is 5.75 Å². The summed E-state index contributed by atoms with van der Waals surface area (Å²) in [5.41, 5.74) is 1.40. The Morgan fingerprint density at radius 1 is 0.973 bits per heavy atom. The average molecular weight is 524 g/mol. The molecule has 0 aromatic heterocycles. The van der Waals surface area contributed by atoms with E-state index in [0.717, 1.165) is 57.1 Å². The van der Waals surface area contributed by atoms with E-state index in [9.17, 15) is 9.59 Å². The van der Waals surface area contributed by atoms with Crippen LogP contribution in [-0.4, -0.2) is 90.1 Å². The molecule has 1 N–H and O–H groups in total. The second kappa shape index (κ2) is 13.0. The highest BCUT2D eigenvalue weighted by atomic mass is 32.1. The molecule has 2 aliphatic rings. The van der Waals surface area contributed by atoms with E-state index >= 15 is 0 Å². The molecule has 0 unspecified atom stereocenters. The number of ether oxygens (including phenoxy) is 1. The molecule has 2 aromatic carbocycles. The second-order valence-corrected chi connectivity index (χ2v) is 9.71. The van der Waals surface area contributed by atoms with Gasteiger partial charge < -0.3 is 24.8 Å². The van der Waals surface area contributed by atoms with Gasteiger partial charge in [0.05, 0.1) is 18.7 Å². The Bertz CT molecular complexity index is 1060. The number of likely N-dealkylation sites (N-methyl/N-ethyl adjacent to an activating group) is 1. The third kappa shape index (κ3) is 6.85. The highest BCUT2D eigenvalue weighted by molar-refractivity contribution is 7.80. The van der Waals surface area contributed by atoms with Crippen LogP contribution in [0, 0.1) is 0 Å². The van der Waals surface area contributed by atoms with Crippen molar-refractivity contribution < 1.29 is 14.3 Å². The van der Waals surface area contributed by atoms with Crippen molar-refractivity contribution in [2.24, 2.45) is 0 Å². The molecule has 2 heterocycles. The van der Waals surface area contributed by atoms with Crippen molar-refractivity contribution in [3.63, 3.8) is 0 Å². The van der Waals surface area contributed by atoms with Gasteiger partial charge in [0, 0.05) is 38.4 Å². The molecule has 1 atom stereocenters. The molecule has 2 fully saturated rings. The van der Waals surface area contributed by atoms with E-state index in [1.807, 2.05) is 54.3 Å². The summed E-state index contributed by atoms with van der Waals surface area (Å²) in [6, 6.07) is 16.0. The first-order chi connectivity index (χ1) is 18.0. The van der Waals surface area contributed by atoms with E-state index in [-0.39, 0.29) is 18.2 Å². The summed E-state index contributed by atoms with van der Waals surface area (Å²) in [5.74, 6) is 0.369. The van der Waals surface area contributed by atoms with Crippen molar-refractivity contribution in [3.8, 4) is 5.75 Å². The zero-order valence-corrected chi connectivity index (χ0v) is 22.6. The largest absolute Gasteiger partial charge is 0.494 e. The van der Waals surface area contributed by atoms with Gasteiger partial charge in [-0.05, 0) is 75.1 Å². The zero-order valence-electron chi connectivity index (χ0n) is 21.8. The standard InChI is InChI=1S/C28H37N5O3S/c1-3-30-17-19-31(20-18-30)15-8-16-32-25(27(35)33(28(32)37)23-9-6-5-7-10-23)21-26(34)29-22-11-13-24(14-12-22)36-4-2/h5-7,9-14,25H,3-4,8,15-21H2,1-2H3,(H,29,34)/t25-/m1/s1. The van der Waals surface area contributed by atoms with Gasteiger partial charge in [0.2, 0.25) is 5.91 Å². The maximum Gasteiger partial charge on any atom is 0.256 e. The first-order valence-electron chi connectivity index (χ1n) is 13.2. The van der Waals surface area contributed by atoms with Crippen molar-refractivity contribution in [1.82, 2.24) is 14.7 Å². The topological polar surface area (TPSA) is 68.4 Å². The number of benzene rings is 2. The highest BCUT2D eigenvalue weighted by Gasteiger charge is 2.43. The molecule has 2 saturated heterocycles. The van der Waals surface area contributed by atoms with Crippen LogP contribution in [-0.2, 0) is 9.59 Å². The number of para-hydroxylation sites is 1. The Labute approximate surface area is 225 Å². The molecular weight excluding hydrogens is 486 g/mol. The summed E-state index contributed by atoms with van der Waals surface area (Å²) >= 11 is 5.79. The van der Waals surface area contributed by atoms with Crippen LogP contribution in [0.4, 0.5) is 11.4 Å². The first kappa shape index (κ1) is 27.0. The predicted molar refractivity (Wildman–Crippen MR) is 151 cm³/mol. The smallest absolute Gasteiger partial charge is 0.256 e. The molecule has 2 aliphatic heterocycles. The number of thiocarbonyl (C=S) groups is 1. The summed E-state index contributed by atoms with van der Waals surface area (Å²) in [6.45, 7) is 11.7. The minimum atomic E-state index is -0.632. The monoisotopic (exact) mass is 523 g/mol. The lowest BCUT2D eigenvalue weighted by atomic mass is 10.1. The lowest BCUT2D eigenvalue weighted by Crippen LogP contribution is -2.47. The molecule has 4 rings (SSSR count). The van der Waals surface area contributed by atoms with Crippen LogP contribution < -0.4 is 15.0 Å². The molecule has 0 saturated carbocycles. The van der Waals surface area contributed by atoms with Crippen LogP contribution in [0.25, 0.3) is 0 Å². The highest BCUT2D eigenvalue weighted by Crippen LogP contribution is 2.27. The van der Waals surface area contributed by atoms with E-state index in [1.54, 1.807) is 17.0 Å². The molecule has 9 heteroatoms. The van der Waals surface area contributed by atoms with Gasteiger partial charge in [-0.15, -0.1) is 0 Å². The van der Waals surface area contributed by atoms with E-state index in [1.165, 1.54) is 0 Å². The quantitative estimate of drug-likeness (QED) is 0.453. The zero-order chi connectivity index (χ0) is 26.2. The van der Waals surface area contributed by atoms with Gasteiger partial charge in [-0.2, -0.15) is 0 Å². The van der Waals surface area contributed by atoms with Crippen LogP contribution in [0.1, 0.15) is 26.7 Å².